The number of carbonyl (C=O) groups is 1. The number of amides is 1. The molecule has 0 aromatic carbocycles. The summed E-state index contributed by atoms with van der Waals surface area (Å²) in [4.78, 5) is 17.8. The molecule has 2 rings (SSSR count). The number of hydrogen-bond acceptors (Lipinski definition) is 6. The molecule has 1 aromatic rings. The van der Waals surface area contributed by atoms with Gasteiger partial charge in [-0.25, -0.2) is 0 Å². The van der Waals surface area contributed by atoms with Crippen molar-refractivity contribution in [1.82, 2.24) is 15.0 Å². The van der Waals surface area contributed by atoms with Crippen LogP contribution in [0.4, 0.5) is 0 Å². The molecule has 0 saturated carbocycles. The van der Waals surface area contributed by atoms with E-state index in [4.69, 9.17) is 16.0 Å². The molecule has 20 heavy (non-hydrogen) atoms. The second-order valence-corrected chi connectivity index (χ2v) is 6.19. The zero-order valence-corrected chi connectivity index (χ0v) is 12.3. The van der Waals surface area contributed by atoms with Crippen molar-refractivity contribution in [3.63, 3.8) is 0 Å². The van der Waals surface area contributed by atoms with Crippen LogP contribution in [0.5, 0.6) is 0 Å². The van der Waals surface area contributed by atoms with Gasteiger partial charge in [-0.2, -0.15) is 4.98 Å². The molecule has 1 aliphatic heterocycles. The Labute approximate surface area is 118 Å². The summed E-state index contributed by atoms with van der Waals surface area (Å²) in [6, 6.07) is 0.367. The van der Waals surface area contributed by atoms with E-state index in [1.807, 2.05) is 13.8 Å². The summed E-state index contributed by atoms with van der Waals surface area (Å²) in [6.45, 7) is 6.94. The second-order valence-electron chi connectivity index (χ2n) is 6.19. The third kappa shape index (κ3) is 3.34. The van der Waals surface area contributed by atoms with Crippen molar-refractivity contribution < 1.29 is 9.32 Å². The van der Waals surface area contributed by atoms with Crippen LogP contribution in [0, 0.1) is 5.92 Å². The number of primary amides is 1. The van der Waals surface area contributed by atoms with Gasteiger partial charge in [-0.15, -0.1) is 0 Å². The average Bonchev–Trinajstić information content (AvgIpc) is 2.80. The first-order valence-electron chi connectivity index (χ1n) is 6.92. The summed E-state index contributed by atoms with van der Waals surface area (Å²) in [5.41, 5.74) is 10.7. The molecule has 1 amide bonds. The van der Waals surface area contributed by atoms with Crippen molar-refractivity contribution >= 4 is 5.91 Å². The molecule has 112 valence electrons. The number of likely N-dealkylation sites (tertiary alicyclic amines) is 1. The van der Waals surface area contributed by atoms with Crippen molar-refractivity contribution in [2.24, 2.45) is 17.4 Å². The number of nitrogens with two attached hydrogens (primary N) is 2. The van der Waals surface area contributed by atoms with Gasteiger partial charge in [0, 0.05) is 12.6 Å². The average molecular weight is 281 g/mol. The number of carbonyl (C=O) groups excluding carboxylic acids is 1. The monoisotopic (exact) mass is 281 g/mol. The first-order valence-corrected chi connectivity index (χ1v) is 6.92. The highest BCUT2D eigenvalue weighted by Gasteiger charge is 2.30. The number of rotatable bonds is 4. The first kappa shape index (κ1) is 14.9. The zero-order valence-electron chi connectivity index (χ0n) is 12.3. The molecule has 2 unspecified atom stereocenters. The minimum absolute atomic E-state index is 0.0976. The van der Waals surface area contributed by atoms with Crippen molar-refractivity contribution in [2.45, 2.75) is 51.7 Å². The fourth-order valence-corrected chi connectivity index (χ4v) is 2.39. The minimum atomic E-state index is -0.620. The van der Waals surface area contributed by atoms with E-state index in [2.05, 4.69) is 22.0 Å². The summed E-state index contributed by atoms with van der Waals surface area (Å²) in [5, 5.41) is 3.90. The predicted molar refractivity (Wildman–Crippen MR) is 73.3 cm³/mol. The van der Waals surface area contributed by atoms with Crippen LogP contribution in [0.15, 0.2) is 4.52 Å². The molecule has 7 nitrogen and oxygen atoms in total. The van der Waals surface area contributed by atoms with E-state index >= 15 is 0 Å². The van der Waals surface area contributed by atoms with Crippen molar-refractivity contribution in [1.29, 1.82) is 0 Å². The molecule has 0 spiro atoms. The number of nitrogens with zero attached hydrogens (tertiary/aromatic N) is 3. The van der Waals surface area contributed by atoms with Gasteiger partial charge >= 0.3 is 0 Å². The molecular weight excluding hydrogens is 258 g/mol. The maximum absolute atomic E-state index is 11.3. The van der Waals surface area contributed by atoms with Crippen LogP contribution in [-0.2, 0) is 16.9 Å². The van der Waals surface area contributed by atoms with Crippen LogP contribution in [0.3, 0.4) is 0 Å². The van der Waals surface area contributed by atoms with Gasteiger partial charge in [0.15, 0.2) is 5.82 Å². The molecular formula is C13H23N5O2. The van der Waals surface area contributed by atoms with E-state index in [0.29, 0.717) is 30.8 Å². The number of hydrogen-bond donors (Lipinski definition) is 2. The van der Waals surface area contributed by atoms with Crippen LogP contribution < -0.4 is 11.5 Å². The Morgan fingerprint density at radius 3 is 2.75 bits per heavy atom. The Hall–Kier alpha value is -1.47. The molecule has 1 fully saturated rings. The molecule has 2 atom stereocenters. The van der Waals surface area contributed by atoms with Crippen molar-refractivity contribution in [3.8, 4) is 0 Å². The molecule has 1 aromatic heterocycles. The lowest BCUT2D eigenvalue weighted by atomic mass is 9.93. The summed E-state index contributed by atoms with van der Waals surface area (Å²) in [5.74, 6) is 0.676. The fraction of sp³-hybridized carbons (Fsp3) is 0.769. The maximum Gasteiger partial charge on any atom is 0.240 e. The van der Waals surface area contributed by atoms with Gasteiger partial charge < -0.3 is 16.0 Å². The van der Waals surface area contributed by atoms with Gasteiger partial charge in [-0.05, 0) is 33.6 Å². The van der Waals surface area contributed by atoms with Crippen molar-refractivity contribution in [2.75, 3.05) is 6.54 Å². The highest BCUT2D eigenvalue weighted by atomic mass is 16.5. The molecule has 0 bridgehead atoms. The van der Waals surface area contributed by atoms with E-state index in [1.165, 1.54) is 0 Å². The second kappa shape index (κ2) is 5.49. The van der Waals surface area contributed by atoms with Gasteiger partial charge in [0.2, 0.25) is 11.8 Å². The van der Waals surface area contributed by atoms with Crippen LogP contribution in [0.2, 0.25) is 0 Å². The quantitative estimate of drug-likeness (QED) is 0.823. The largest absolute Gasteiger partial charge is 0.369 e. The standard InChI is InChI=1S/C13H23N5O2/c1-8-4-5-9(11(14)19)6-18(8)7-10-16-12(17-20-10)13(2,3)15/h8-9H,4-7,15H2,1-3H3,(H2,14,19). The summed E-state index contributed by atoms with van der Waals surface area (Å²) < 4.78 is 5.24. The minimum Gasteiger partial charge on any atom is -0.369 e. The normalized spacial score (nSPS) is 24.8. The van der Waals surface area contributed by atoms with Crippen LogP contribution in [-0.4, -0.2) is 33.5 Å². The van der Waals surface area contributed by atoms with E-state index in [1.54, 1.807) is 0 Å². The van der Waals surface area contributed by atoms with E-state index in [0.717, 1.165) is 12.8 Å². The third-order valence-electron chi connectivity index (χ3n) is 3.80. The smallest absolute Gasteiger partial charge is 0.240 e. The molecule has 1 saturated heterocycles. The van der Waals surface area contributed by atoms with Gasteiger partial charge in [0.1, 0.15) is 0 Å². The highest BCUT2D eigenvalue weighted by Crippen LogP contribution is 2.23. The summed E-state index contributed by atoms with van der Waals surface area (Å²) in [6.07, 6.45) is 1.79. The van der Waals surface area contributed by atoms with Gasteiger partial charge in [0.05, 0.1) is 18.0 Å². The molecule has 1 aliphatic rings. The molecule has 7 heteroatoms. The topological polar surface area (TPSA) is 111 Å². The number of piperidine rings is 1. The van der Waals surface area contributed by atoms with Crippen LogP contribution in [0.1, 0.15) is 45.3 Å². The van der Waals surface area contributed by atoms with E-state index in [9.17, 15) is 4.79 Å². The van der Waals surface area contributed by atoms with Crippen LogP contribution in [0.25, 0.3) is 0 Å². The predicted octanol–water partition coefficient (Wildman–Crippen LogP) is 0.349. The van der Waals surface area contributed by atoms with E-state index in [-0.39, 0.29) is 11.8 Å². The molecule has 2 heterocycles. The Morgan fingerprint density at radius 2 is 2.20 bits per heavy atom. The molecule has 0 radical (unpaired) electrons. The van der Waals surface area contributed by atoms with Gasteiger partial charge in [0.25, 0.3) is 0 Å². The number of aromatic nitrogens is 2. The third-order valence-corrected chi connectivity index (χ3v) is 3.80. The fourth-order valence-electron chi connectivity index (χ4n) is 2.39. The molecule has 4 N–H and O–H groups in total. The lowest BCUT2D eigenvalue weighted by Crippen LogP contribution is -2.45. The summed E-state index contributed by atoms with van der Waals surface area (Å²) in [7, 11) is 0. The SMILES string of the molecule is CC1CCC(C(N)=O)CN1Cc1nc(C(C)(C)N)no1. The first-order chi connectivity index (χ1) is 9.27. The lowest BCUT2D eigenvalue weighted by Gasteiger charge is -2.35. The Bertz CT molecular complexity index is 479. The maximum atomic E-state index is 11.3. The van der Waals surface area contributed by atoms with Gasteiger partial charge in [-0.3, -0.25) is 9.69 Å². The zero-order chi connectivity index (χ0) is 14.9. The Balaban J connectivity index is 2.04. The Kier molecular flexibility index (Phi) is 4.10. The molecule has 0 aliphatic carbocycles. The highest BCUT2D eigenvalue weighted by molar-refractivity contribution is 5.76. The Morgan fingerprint density at radius 1 is 1.50 bits per heavy atom. The lowest BCUT2D eigenvalue weighted by molar-refractivity contribution is -0.124. The van der Waals surface area contributed by atoms with Crippen molar-refractivity contribution in [3.05, 3.63) is 11.7 Å². The van der Waals surface area contributed by atoms with E-state index < -0.39 is 5.54 Å². The van der Waals surface area contributed by atoms with Gasteiger partial charge in [-0.1, -0.05) is 5.16 Å². The van der Waals surface area contributed by atoms with Crippen LogP contribution >= 0.6 is 0 Å². The summed E-state index contributed by atoms with van der Waals surface area (Å²) >= 11 is 0.